The summed E-state index contributed by atoms with van der Waals surface area (Å²) >= 11 is 0. The quantitative estimate of drug-likeness (QED) is 0.602. The van der Waals surface area contributed by atoms with E-state index in [1.165, 1.54) is 0 Å². The van der Waals surface area contributed by atoms with Crippen LogP contribution in [0.2, 0.25) is 0 Å². The van der Waals surface area contributed by atoms with Gasteiger partial charge in [-0.05, 0) is 53.6 Å². The van der Waals surface area contributed by atoms with Crippen LogP contribution >= 0.6 is 0 Å². The zero-order chi connectivity index (χ0) is 19.3. The molecule has 1 fully saturated rings. The monoisotopic (exact) mass is 366 g/mol. The normalized spacial score (nSPS) is 22.0. The highest BCUT2D eigenvalue weighted by molar-refractivity contribution is 5.94. The van der Waals surface area contributed by atoms with Gasteiger partial charge in [0, 0.05) is 24.2 Å². The second kappa shape index (κ2) is 9.02. The molecule has 3 N–H and O–H groups in total. The topological polar surface area (TPSA) is 99.8 Å². The number of urea groups is 1. The molecule has 2 aliphatic rings. The molecule has 2 heterocycles. The molecule has 1 atom stereocenters. The number of nitrogens with one attached hydrogen (secondary N) is 3. The molecule has 0 aromatic carbocycles. The number of amides is 3. The van der Waals surface area contributed by atoms with Crippen LogP contribution in [0.3, 0.4) is 0 Å². The summed E-state index contributed by atoms with van der Waals surface area (Å²) < 4.78 is 5.13. The van der Waals surface area contributed by atoms with Crippen molar-refractivity contribution in [3.63, 3.8) is 0 Å². The van der Waals surface area contributed by atoms with Crippen LogP contribution in [0.1, 0.15) is 40.5 Å². The number of ether oxygens (including phenoxy) is 1. The second-order valence-corrected chi connectivity index (χ2v) is 7.15. The van der Waals surface area contributed by atoms with E-state index in [1.54, 1.807) is 13.8 Å². The molecule has 2 aliphatic heterocycles. The summed E-state index contributed by atoms with van der Waals surface area (Å²) in [6.45, 7) is 9.67. The maximum atomic E-state index is 12.3. The van der Waals surface area contributed by atoms with E-state index in [1.807, 2.05) is 13.8 Å². The summed E-state index contributed by atoms with van der Waals surface area (Å²) in [5.74, 6) is -0.280. The molecule has 8 nitrogen and oxygen atoms in total. The lowest BCUT2D eigenvalue weighted by molar-refractivity contribution is -0.139. The fourth-order valence-electron chi connectivity index (χ4n) is 3.38. The van der Waals surface area contributed by atoms with Crippen molar-refractivity contribution in [2.24, 2.45) is 5.92 Å². The highest BCUT2D eigenvalue weighted by Crippen LogP contribution is 2.21. The third-order valence-electron chi connectivity index (χ3n) is 4.64. The SMILES string of the molecule is CCOC(=O)C1=C(CN2CCC(C(=O)NC(C)C)CC2)NC(=O)NC1C. The van der Waals surface area contributed by atoms with Crippen molar-refractivity contribution < 1.29 is 19.1 Å². The van der Waals surface area contributed by atoms with Gasteiger partial charge in [0.2, 0.25) is 5.91 Å². The van der Waals surface area contributed by atoms with Gasteiger partial charge < -0.3 is 20.7 Å². The van der Waals surface area contributed by atoms with E-state index in [0.29, 0.717) is 17.8 Å². The number of piperidine rings is 1. The highest BCUT2D eigenvalue weighted by Gasteiger charge is 2.32. The van der Waals surface area contributed by atoms with Crippen LogP contribution in [0, 0.1) is 5.92 Å². The first-order valence-corrected chi connectivity index (χ1v) is 9.32. The molecule has 2 rings (SSSR count). The maximum absolute atomic E-state index is 12.3. The fraction of sp³-hybridized carbons (Fsp3) is 0.722. The molecule has 0 aromatic rings. The molecule has 1 unspecified atom stereocenters. The Morgan fingerprint density at radius 3 is 2.54 bits per heavy atom. The maximum Gasteiger partial charge on any atom is 0.337 e. The number of hydrogen-bond acceptors (Lipinski definition) is 5. The molecular weight excluding hydrogens is 336 g/mol. The number of carbonyl (C=O) groups is 3. The van der Waals surface area contributed by atoms with Crippen LogP contribution < -0.4 is 16.0 Å². The number of esters is 1. The standard InChI is InChI=1S/C18H30N4O4/c1-5-26-17(24)15-12(4)20-18(25)21-14(15)10-22-8-6-13(7-9-22)16(23)19-11(2)3/h11-13H,5-10H2,1-4H3,(H,19,23)(H2,20,21,25). The summed E-state index contributed by atoms with van der Waals surface area (Å²) in [7, 11) is 0. The molecule has 0 spiro atoms. The molecular formula is C18H30N4O4. The number of rotatable bonds is 6. The van der Waals surface area contributed by atoms with Crippen LogP contribution in [0.25, 0.3) is 0 Å². The summed E-state index contributed by atoms with van der Waals surface area (Å²) in [5, 5.41) is 8.41. The van der Waals surface area contributed by atoms with E-state index in [9.17, 15) is 14.4 Å². The van der Waals surface area contributed by atoms with Gasteiger partial charge in [-0.2, -0.15) is 0 Å². The predicted octanol–water partition coefficient (Wildman–Crippen LogP) is 0.742. The zero-order valence-corrected chi connectivity index (χ0v) is 16.1. The van der Waals surface area contributed by atoms with Gasteiger partial charge in [-0.3, -0.25) is 9.69 Å². The van der Waals surface area contributed by atoms with Gasteiger partial charge >= 0.3 is 12.0 Å². The Morgan fingerprint density at radius 2 is 1.96 bits per heavy atom. The Kier molecular flexibility index (Phi) is 7.02. The van der Waals surface area contributed by atoms with Crippen molar-refractivity contribution in [1.82, 2.24) is 20.9 Å². The first-order chi connectivity index (χ1) is 12.3. The molecule has 26 heavy (non-hydrogen) atoms. The van der Waals surface area contributed by atoms with Crippen LogP contribution in [0.5, 0.6) is 0 Å². The fourth-order valence-corrected chi connectivity index (χ4v) is 3.38. The average Bonchev–Trinajstić information content (AvgIpc) is 2.54. The van der Waals surface area contributed by atoms with E-state index in [2.05, 4.69) is 20.9 Å². The first kappa shape index (κ1) is 20.2. The van der Waals surface area contributed by atoms with Crippen LogP contribution in [0.15, 0.2) is 11.3 Å². The Bertz CT molecular complexity index is 580. The molecule has 1 saturated heterocycles. The van der Waals surface area contributed by atoms with Crippen molar-refractivity contribution >= 4 is 17.9 Å². The van der Waals surface area contributed by atoms with Crippen molar-refractivity contribution in [3.8, 4) is 0 Å². The van der Waals surface area contributed by atoms with E-state index < -0.39 is 12.0 Å². The van der Waals surface area contributed by atoms with Crippen LogP contribution in [-0.4, -0.2) is 61.1 Å². The van der Waals surface area contributed by atoms with Gasteiger partial charge in [0.15, 0.2) is 0 Å². The first-order valence-electron chi connectivity index (χ1n) is 9.32. The molecule has 146 valence electrons. The molecule has 0 aliphatic carbocycles. The van der Waals surface area contributed by atoms with Gasteiger partial charge in [0.1, 0.15) is 0 Å². The van der Waals surface area contributed by atoms with Crippen LogP contribution in [0.4, 0.5) is 4.79 Å². The lowest BCUT2D eigenvalue weighted by Gasteiger charge is -2.34. The number of carbonyl (C=O) groups excluding carboxylic acids is 3. The van der Waals surface area contributed by atoms with Crippen LogP contribution in [-0.2, 0) is 14.3 Å². The Balaban J connectivity index is 2.01. The van der Waals surface area contributed by atoms with Crippen molar-refractivity contribution in [2.75, 3.05) is 26.2 Å². The second-order valence-electron chi connectivity index (χ2n) is 7.15. The minimum absolute atomic E-state index is 0.0219. The smallest absolute Gasteiger partial charge is 0.337 e. The number of nitrogens with zero attached hydrogens (tertiary/aromatic N) is 1. The predicted molar refractivity (Wildman–Crippen MR) is 97.2 cm³/mol. The molecule has 0 saturated carbocycles. The van der Waals surface area contributed by atoms with Crippen molar-refractivity contribution in [2.45, 2.75) is 52.6 Å². The van der Waals surface area contributed by atoms with E-state index in [-0.39, 0.29) is 30.5 Å². The minimum atomic E-state index is -0.409. The largest absolute Gasteiger partial charge is 0.463 e. The average molecular weight is 366 g/mol. The van der Waals surface area contributed by atoms with Gasteiger partial charge in [-0.1, -0.05) is 0 Å². The zero-order valence-electron chi connectivity index (χ0n) is 16.1. The Hall–Kier alpha value is -2.09. The third-order valence-corrected chi connectivity index (χ3v) is 4.64. The van der Waals surface area contributed by atoms with E-state index in [0.717, 1.165) is 25.9 Å². The molecule has 0 radical (unpaired) electrons. The summed E-state index contributed by atoms with van der Waals surface area (Å²) in [4.78, 5) is 38.4. The van der Waals surface area contributed by atoms with E-state index >= 15 is 0 Å². The number of hydrogen-bond donors (Lipinski definition) is 3. The summed E-state index contributed by atoms with van der Waals surface area (Å²) in [5.41, 5.74) is 1.05. The van der Waals surface area contributed by atoms with Crippen molar-refractivity contribution in [1.29, 1.82) is 0 Å². The van der Waals surface area contributed by atoms with Gasteiger partial charge in [-0.25, -0.2) is 9.59 Å². The highest BCUT2D eigenvalue weighted by atomic mass is 16.5. The van der Waals surface area contributed by atoms with Gasteiger partial charge in [0.05, 0.1) is 18.2 Å². The Labute approximate surface area is 154 Å². The molecule has 0 bridgehead atoms. The molecule has 8 heteroatoms. The molecule has 3 amide bonds. The van der Waals surface area contributed by atoms with Gasteiger partial charge in [-0.15, -0.1) is 0 Å². The van der Waals surface area contributed by atoms with Crippen molar-refractivity contribution in [3.05, 3.63) is 11.3 Å². The summed E-state index contributed by atoms with van der Waals surface area (Å²) in [6.07, 6.45) is 1.53. The molecule has 0 aromatic heterocycles. The Morgan fingerprint density at radius 1 is 1.31 bits per heavy atom. The lowest BCUT2D eigenvalue weighted by Crippen LogP contribution is -2.52. The number of likely N-dealkylation sites (tertiary alicyclic amines) is 1. The third kappa shape index (κ3) is 5.20. The lowest BCUT2D eigenvalue weighted by atomic mass is 9.95. The van der Waals surface area contributed by atoms with E-state index in [4.69, 9.17) is 4.74 Å². The minimum Gasteiger partial charge on any atom is -0.463 e. The van der Waals surface area contributed by atoms with Gasteiger partial charge in [0.25, 0.3) is 0 Å². The summed E-state index contributed by atoms with van der Waals surface area (Å²) in [6, 6.07) is -0.567.